The second-order valence-corrected chi connectivity index (χ2v) is 7.47. The molecule has 0 bridgehead atoms. The molecular formula is C16H30N2O. The van der Waals surface area contributed by atoms with Crippen LogP contribution in [0.2, 0.25) is 0 Å². The van der Waals surface area contributed by atoms with Crippen LogP contribution in [0.1, 0.15) is 52.4 Å². The molecule has 110 valence electrons. The van der Waals surface area contributed by atoms with E-state index in [1.807, 2.05) is 0 Å². The Bertz CT molecular complexity index is 308. The van der Waals surface area contributed by atoms with Crippen LogP contribution in [-0.2, 0) is 0 Å². The molecule has 3 rings (SSSR count). The molecule has 0 aromatic heterocycles. The first-order valence-corrected chi connectivity index (χ1v) is 8.25. The highest BCUT2D eigenvalue weighted by Crippen LogP contribution is 2.42. The summed E-state index contributed by atoms with van der Waals surface area (Å²) in [6, 6.07) is 1.27. The van der Waals surface area contributed by atoms with Crippen LogP contribution in [0, 0.1) is 11.8 Å². The molecule has 3 fully saturated rings. The van der Waals surface area contributed by atoms with Crippen LogP contribution in [0.3, 0.4) is 0 Å². The number of aliphatic hydroxyl groups is 1. The van der Waals surface area contributed by atoms with Gasteiger partial charge in [-0.2, -0.15) is 0 Å². The number of aliphatic hydroxyl groups excluding tert-OH is 1. The van der Waals surface area contributed by atoms with Gasteiger partial charge in [0.1, 0.15) is 0 Å². The van der Waals surface area contributed by atoms with Gasteiger partial charge in [0.05, 0.1) is 12.1 Å². The standard InChI is InChI=1S/C16H30N2O/c1-12(2)18(9-13-3-4-13)10-16(11-19,14-5-6-14)17-15-7-8-15/h12-15,17,19H,3-11H2,1-2H3. The lowest BCUT2D eigenvalue weighted by atomic mass is 9.92. The predicted molar refractivity (Wildman–Crippen MR) is 78.1 cm³/mol. The Labute approximate surface area is 117 Å². The Morgan fingerprint density at radius 1 is 1.16 bits per heavy atom. The topological polar surface area (TPSA) is 35.5 Å². The molecule has 0 spiro atoms. The summed E-state index contributed by atoms with van der Waals surface area (Å²) in [5.74, 6) is 1.64. The van der Waals surface area contributed by atoms with Crippen LogP contribution < -0.4 is 5.32 Å². The van der Waals surface area contributed by atoms with Crippen molar-refractivity contribution in [1.82, 2.24) is 10.2 Å². The Kier molecular flexibility index (Phi) is 3.89. The first kappa shape index (κ1) is 13.8. The Balaban J connectivity index is 1.66. The Morgan fingerprint density at radius 3 is 2.26 bits per heavy atom. The molecule has 0 saturated heterocycles. The molecule has 0 heterocycles. The zero-order chi connectivity index (χ0) is 13.5. The molecule has 3 aliphatic carbocycles. The number of hydrogen-bond donors (Lipinski definition) is 2. The summed E-state index contributed by atoms with van der Waals surface area (Å²) in [6.45, 7) is 7.18. The molecule has 0 aromatic rings. The van der Waals surface area contributed by atoms with E-state index in [-0.39, 0.29) is 5.54 Å². The van der Waals surface area contributed by atoms with Crippen LogP contribution in [-0.4, -0.2) is 47.3 Å². The first-order chi connectivity index (χ1) is 9.13. The minimum Gasteiger partial charge on any atom is -0.394 e. The van der Waals surface area contributed by atoms with E-state index >= 15 is 0 Å². The van der Waals surface area contributed by atoms with Gasteiger partial charge in [-0.15, -0.1) is 0 Å². The van der Waals surface area contributed by atoms with E-state index in [2.05, 4.69) is 24.1 Å². The van der Waals surface area contributed by atoms with Crippen LogP contribution in [0.15, 0.2) is 0 Å². The summed E-state index contributed by atoms with van der Waals surface area (Å²) in [5, 5.41) is 13.9. The molecule has 0 radical (unpaired) electrons. The van der Waals surface area contributed by atoms with Gasteiger partial charge < -0.3 is 10.4 Å². The largest absolute Gasteiger partial charge is 0.394 e. The van der Waals surface area contributed by atoms with Crippen molar-refractivity contribution in [2.45, 2.75) is 70.0 Å². The van der Waals surface area contributed by atoms with Gasteiger partial charge in [-0.05, 0) is 64.2 Å². The molecule has 2 N–H and O–H groups in total. The Hall–Kier alpha value is -0.120. The fraction of sp³-hybridized carbons (Fsp3) is 1.00. The zero-order valence-electron chi connectivity index (χ0n) is 12.6. The second kappa shape index (κ2) is 5.34. The van der Waals surface area contributed by atoms with E-state index < -0.39 is 0 Å². The SMILES string of the molecule is CC(C)N(CC1CC1)CC(CO)(NC1CC1)C1CC1. The van der Waals surface area contributed by atoms with Crippen LogP contribution in [0.25, 0.3) is 0 Å². The van der Waals surface area contributed by atoms with Gasteiger partial charge in [0.15, 0.2) is 0 Å². The van der Waals surface area contributed by atoms with Gasteiger partial charge in [0.2, 0.25) is 0 Å². The number of rotatable bonds is 9. The van der Waals surface area contributed by atoms with Gasteiger partial charge in [-0.25, -0.2) is 0 Å². The van der Waals surface area contributed by atoms with Gasteiger partial charge in [-0.1, -0.05) is 0 Å². The Morgan fingerprint density at radius 2 is 1.84 bits per heavy atom. The van der Waals surface area contributed by atoms with Gasteiger partial charge in [0.25, 0.3) is 0 Å². The van der Waals surface area contributed by atoms with Crippen molar-refractivity contribution in [3.8, 4) is 0 Å². The third-order valence-corrected chi connectivity index (χ3v) is 5.12. The summed E-state index contributed by atoms with van der Waals surface area (Å²) >= 11 is 0. The fourth-order valence-electron chi connectivity index (χ4n) is 3.24. The summed E-state index contributed by atoms with van der Waals surface area (Å²) in [5.41, 5.74) is -0.0136. The molecule has 0 amide bonds. The summed E-state index contributed by atoms with van der Waals surface area (Å²) in [6.07, 6.45) is 8.03. The van der Waals surface area contributed by atoms with E-state index in [9.17, 15) is 5.11 Å². The van der Waals surface area contributed by atoms with E-state index in [0.29, 0.717) is 24.6 Å². The monoisotopic (exact) mass is 266 g/mol. The molecule has 3 nitrogen and oxygen atoms in total. The lowest BCUT2D eigenvalue weighted by molar-refractivity contribution is 0.0726. The third kappa shape index (κ3) is 3.50. The van der Waals surface area contributed by atoms with Gasteiger partial charge >= 0.3 is 0 Å². The molecule has 19 heavy (non-hydrogen) atoms. The minimum atomic E-state index is -0.0136. The number of nitrogens with one attached hydrogen (secondary N) is 1. The summed E-state index contributed by atoms with van der Waals surface area (Å²) in [7, 11) is 0. The van der Waals surface area contributed by atoms with Crippen molar-refractivity contribution in [3.63, 3.8) is 0 Å². The van der Waals surface area contributed by atoms with E-state index in [4.69, 9.17) is 0 Å². The highest BCUT2D eigenvalue weighted by Gasteiger charge is 2.48. The summed E-state index contributed by atoms with van der Waals surface area (Å²) in [4.78, 5) is 2.61. The maximum absolute atomic E-state index is 10.1. The van der Waals surface area contributed by atoms with E-state index in [1.165, 1.54) is 45.1 Å². The van der Waals surface area contributed by atoms with Crippen molar-refractivity contribution < 1.29 is 5.11 Å². The molecule has 1 unspecified atom stereocenters. The van der Waals surface area contributed by atoms with Crippen LogP contribution in [0.5, 0.6) is 0 Å². The lowest BCUT2D eigenvalue weighted by Gasteiger charge is -2.40. The minimum absolute atomic E-state index is 0.0136. The van der Waals surface area contributed by atoms with Crippen molar-refractivity contribution >= 4 is 0 Å². The summed E-state index contributed by atoms with van der Waals surface area (Å²) < 4.78 is 0. The van der Waals surface area contributed by atoms with E-state index in [1.54, 1.807) is 0 Å². The van der Waals surface area contributed by atoms with Crippen LogP contribution >= 0.6 is 0 Å². The van der Waals surface area contributed by atoms with Gasteiger partial charge in [0, 0.05) is 25.2 Å². The van der Waals surface area contributed by atoms with Crippen molar-refractivity contribution in [3.05, 3.63) is 0 Å². The average molecular weight is 266 g/mol. The molecule has 1 atom stereocenters. The van der Waals surface area contributed by atoms with Crippen molar-refractivity contribution in [2.75, 3.05) is 19.7 Å². The molecule has 0 aliphatic heterocycles. The fourth-order valence-corrected chi connectivity index (χ4v) is 3.24. The molecule has 3 saturated carbocycles. The van der Waals surface area contributed by atoms with E-state index in [0.717, 1.165) is 12.5 Å². The number of hydrogen-bond acceptors (Lipinski definition) is 3. The maximum Gasteiger partial charge on any atom is 0.0628 e. The molecular weight excluding hydrogens is 236 g/mol. The van der Waals surface area contributed by atoms with Crippen molar-refractivity contribution in [2.24, 2.45) is 11.8 Å². The second-order valence-electron chi connectivity index (χ2n) is 7.47. The molecule has 0 aromatic carbocycles. The third-order valence-electron chi connectivity index (χ3n) is 5.12. The maximum atomic E-state index is 10.1. The van der Waals surface area contributed by atoms with Crippen molar-refractivity contribution in [1.29, 1.82) is 0 Å². The zero-order valence-corrected chi connectivity index (χ0v) is 12.6. The predicted octanol–water partition coefficient (Wildman–Crippen LogP) is 2.00. The average Bonchev–Trinajstić information content (AvgIpc) is 3.24. The molecule has 3 aliphatic rings. The smallest absolute Gasteiger partial charge is 0.0628 e. The molecule has 3 heteroatoms. The van der Waals surface area contributed by atoms with Gasteiger partial charge in [-0.3, -0.25) is 4.90 Å². The quantitative estimate of drug-likeness (QED) is 0.670. The lowest BCUT2D eigenvalue weighted by Crippen LogP contribution is -2.60. The normalized spacial score (nSPS) is 27.0. The number of nitrogens with zero attached hydrogens (tertiary/aromatic N) is 1. The highest BCUT2D eigenvalue weighted by atomic mass is 16.3. The van der Waals surface area contributed by atoms with Crippen LogP contribution in [0.4, 0.5) is 0 Å². The highest BCUT2D eigenvalue weighted by molar-refractivity contribution is 5.06. The first-order valence-electron chi connectivity index (χ1n) is 8.25.